The van der Waals surface area contributed by atoms with Gasteiger partial charge < -0.3 is 9.52 Å². The summed E-state index contributed by atoms with van der Waals surface area (Å²) >= 11 is 0. The highest BCUT2D eigenvalue weighted by Gasteiger charge is 2.13. The van der Waals surface area contributed by atoms with Crippen molar-refractivity contribution in [1.29, 1.82) is 0 Å². The van der Waals surface area contributed by atoms with Gasteiger partial charge >= 0.3 is 5.97 Å². The van der Waals surface area contributed by atoms with E-state index >= 15 is 0 Å². The molecule has 0 fully saturated rings. The van der Waals surface area contributed by atoms with Gasteiger partial charge in [-0.1, -0.05) is 0 Å². The number of aliphatic carboxylic acids is 1. The Labute approximate surface area is 108 Å². The van der Waals surface area contributed by atoms with Crippen molar-refractivity contribution < 1.29 is 14.3 Å². The molecule has 3 rings (SSSR count). The highest BCUT2D eigenvalue weighted by Crippen LogP contribution is 2.31. The van der Waals surface area contributed by atoms with Crippen molar-refractivity contribution in [3.05, 3.63) is 48.7 Å². The van der Waals surface area contributed by atoms with Gasteiger partial charge in [-0.3, -0.25) is 14.8 Å². The van der Waals surface area contributed by atoms with E-state index in [0.717, 1.165) is 22.1 Å². The number of carboxylic acid groups (broad SMARTS) is 1. The number of furan rings is 1. The van der Waals surface area contributed by atoms with E-state index in [4.69, 9.17) is 9.52 Å². The number of hydrogen-bond acceptors (Lipinski definition) is 4. The first kappa shape index (κ1) is 11.4. The maximum absolute atomic E-state index is 10.9. The molecule has 1 N–H and O–H groups in total. The van der Waals surface area contributed by atoms with Crippen molar-refractivity contribution in [2.45, 2.75) is 6.42 Å². The lowest BCUT2D eigenvalue weighted by molar-refractivity contribution is -0.136. The summed E-state index contributed by atoms with van der Waals surface area (Å²) in [5, 5.41) is 9.80. The number of carbonyl (C=O) groups is 1. The molecule has 0 bridgehead atoms. The van der Waals surface area contributed by atoms with Crippen LogP contribution >= 0.6 is 0 Å². The van der Waals surface area contributed by atoms with Gasteiger partial charge in [-0.15, -0.1) is 0 Å². The summed E-state index contributed by atoms with van der Waals surface area (Å²) in [5.74, 6) is -0.889. The summed E-state index contributed by atoms with van der Waals surface area (Å²) in [4.78, 5) is 18.9. The van der Waals surface area contributed by atoms with Crippen molar-refractivity contribution in [3.63, 3.8) is 0 Å². The lowest BCUT2D eigenvalue weighted by Crippen LogP contribution is -2.02. The number of pyridine rings is 2. The SMILES string of the molecule is O=C(O)Cc1cnccc1-c1coc2ccncc12. The Morgan fingerprint density at radius 3 is 2.79 bits per heavy atom. The predicted molar refractivity (Wildman–Crippen MR) is 68.6 cm³/mol. The minimum absolute atomic E-state index is 0.0733. The number of rotatable bonds is 3. The van der Waals surface area contributed by atoms with Crippen LogP contribution < -0.4 is 0 Å². The first-order valence-electron chi connectivity index (χ1n) is 5.72. The molecule has 0 aliphatic heterocycles. The van der Waals surface area contributed by atoms with Gasteiger partial charge in [0.25, 0.3) is 0 Å². The van der Waals surface area contributed by atoms with E-state index < -0.39 is 5.97 Å². The molecule has 5 nitrogen and oxygen atoms in total. The first-order chi connectivity index (χ1) is 9.25. The van der Waals surface area contributed by atoms with Crippen LogP contribution in [0.1, 0.15) is 5.56 Å². The molecule has 3 aromatic rings. The third-order valence-corrected chi connectivity index (χ3v) is 2.91. The molecule has 3 aromatic heterocycles. The van der Waals surface area contributed by atoms with Crippen LogP contribution in [0.15, 0.2) is 47.6 Å². The predicted octanol–water partition coefficient (Wildman–Crippen LogP) is 2.52. The number of fused-ring (bicyclic) bond motifs is 1. The van der Waals surface area contributed by atoms with Crippen LogP contribution in [0.4, 0.5) is 0 Å². The second-order valence-corrected chi connectivity index (χ2v) is 4.12. The Hall–Kier alpha value is -2.69. The Morgan fingerprint density at radius 2 is 1.95 bits per heavy atom. The number of nitrogens with zero attached hydrogens (tertiary/aromatic N) is 2. The lowest BCUT2D eigenvalue weighted by atomic mass is 10.00. The molecule has 19 heavy (non-hydrogen) atoms. The zero-order chi connectivity index (χ0) is 13.2. The van der Waals surface area contributed by atoms with Gasteiger partial charge in [-0.25, -0.2) is 0 Å². The van der Waals surface area contributed by atoms with Crippen LogP contribution in [0.2, 0.25) is 0 Å². The third-order valence-electron chi connectivity index (χ3n) is 2.91. The van der Waals surface area contributed by atoms with Gasteiger partial charge in [-0.05, 0) is 23.3 Å². The topological polar surface area (TPSA) is 76.2 Å². The molecule has 0 unspecified atom stereocenters. The summed E-state index contributed by atoms with van der Waals surface area (Å²) in [5.41, 5.74) is 3.02. The van der Waals surface area contributed by atoms with E-state index in [0.29, 0.717) is 5.56 Å². The molecule has 5 heteroatoms. The van der Waals surface area contributed by atoms with E-state index in [2.05, 4.69) is 9.97 Å². The van der Waals surface area contributed by atoms with E-state index in [1.165, 1.54) is 0 Å². The Morgan fingerprint density at radius 1 is 1.16 bits per heavy atom. The molecule has 3 heterocycles. The average Bonchev–Trinajstić information content (AvgIpc) is 2.82. The molecule has 0 aromatic carbocycles. The monoisotopic (exact) mass is 254 g/mol. The van der Waals surface area contributed by atoms with Crippen LogP contribution in [0.5, 0.6) is 0 Å². The van der Waals surface area contributed by atoms with Crippen molar-refractivity contribution in [1.82, 2.24) is 9.97 Å². The first-order valence-corrected chi connectivity index (χ1v) is 5.72. The Bertz CT molecular complexity index is 749. The van der Waals surface area contributed by atoms with Crippen LogP contribution in [0.25, 0.3) is 22.1 Å². The van der Waals surface area contributed by atoms with Crippen molar-refractivity contribution in [3.8, 4) is 11.1 Å². The highest BCUT2D eigenvalue weighted by atomic mass is 16.4. The zero-order valence-electron chi connectivity index (χ0n) is 9.91. The van der Waals surface area contributed by atoms with Gasteiger partial charge in [0.05, 0.1) is 12.7 Å². The van der Waals surface area contributed by atoms with Gasteiger partial charge in [0.1, 0.15) is 5.58 Å². The Balaban J connectivity index is 2.19. The Kier molecular flexibility index (Phi) is 2.72. The minimum Gasteiger partial charge on any atom is -0.481 e. The average molecular weight is 254 g/mol. The minimum atomic E-state index is -0.889. The number of carboxylic acids is 1. The van der Waals surface area contributed by atoms with Crippen LogP contribution in [0, 0.1) is 0 Å². The largest absolute Gasteiger partial charge is 0.481 e. The van der Waals surface area contributed by atoms with Crippen molar-refractivity contribution in [2.24, 2.45) is 0 Å². The molecule has 0 amide bonds. The fraction of sp³-hybridized carbons (Fsp3) is 0.0714. The number of hydrogen-bond donors (Lipinski definition) is 1. The zero-order valence-corrected chi connectivity index (χ0v) is 9.91. The molecular formula is C14H10N2O3. The normalized spacial score (nSPS) is 10.7. The summed E-state index contributed by atoms with van der Waals surface area (Å²) in [6.07, 6.45) is 8.11. The molecule has 0 radical (unpaired) electrons. The standard InChI is InChI=1S/C14H10N2O3/c17-14(18)5-9-6-15-3-1-10(9)12-8-19-13-2-4-16-7-11(12)13/h1-4,6-8H,5H2,(H,17,18). The second kappa shape index (κ2) is 4.53. The molecule has 0 saturated carbocycles. The fourth-order valence-electron chi connectivity index (χ4n) is 2.07. The smallest absolute Gasteiger partial charge is 0.307 e. The van der Waals surface area contributed by atoms with Gasteiger partial charge in [0.15, 0.2) is 0 Å². The van der Waals surface area contributed by atoms with E-state index in [-0.39, 0.29) is 6.42 Å². The second-order valence-electron chi connectivity index (χ2n) is 4.12. The van der Waals surface area contributed by atoms with E-state index in [1.54, 1.807) is 43.2 Å². The molecule has 94 valence electrons. The van der Waals surface area contributed by atoms with Crippen molar-refractivity contribution >= 4 is 16.9 Å². The lowest BCUT2D eigenvalue weighted by Gasteiger charge is -2.05. The molecule has 0 saturated heterocycles. The quantitative estimate of drug-likeness (QED) is 0.777. The van der Waals surface area contributed by atoms with Crippen LogP contribution in [-0.2, 0) is 11.2 Å². The maximum Gasteiger partial charge on any atom is 0.307 e. The van der Waals surface area contributed by atoms with Crippen LogP contribution in [0.3, 0.4) is 0 Å². The fourth-order valence-corrected chi connectivity index (χ4v) is 2.07. The van der Waals surface area contributed by atoms with Crippen LogP contribution in [-0.4, -0.2) is 21.0 Å². The molecule has 0 spiro atoms. The third kappa shape index (κ3) is 2.06. The highest BCUT2D eigenvalue weighted by molar-refractivity contribution is 5.94. The summed E-state index contributed by atoms with van der Waals surface area (Å²) < 4.78 is 5.46. The maximum atomic E-state index is 10.9. The molecule has 0 aliphatic carbocycles. The molecule has 0 atom stereocenters. The summed E-state index contributed by atoms with van der Waals surface area (Å²) in [6.45, 7) is 0. The van der Waals surface area contributed by atoms with Crippen molar-refractivity contribution in [2.75, 3.05) is 0 Å². The summed E-state index contributed by atoms with van der Waals surface area (Å²) in [7, 11) is 0. The molecular weight excluding hydrogens is 244 g/mol. The van der Waals surface area contributed by atoms with E-state index in [1.807, 2.05) is 0 Å². The molecule has 0 aliphatic rings. The van der Waals surface area contributed by atoms with E-state index in [9.17, 15) is 4.79 Å². The van der Waals surface area contributed by atoms with Gasteiger partial charge in [-0.2, -0.15) is 0 Å². The number of aromatic nitrogens is 2. The summed E-state index contributed by atoms with van der Waals surface area (Å²) in [6, 6.07) is 3.56. The van der Waals surface area contributed by atoms with Gasteiger partial charge in [0.2, 0.25) is 0 Å². The van der Waals surface area contributed by atoms with Gasteiger partial charge in [0, 0.05) is 35.7 Å².